The monoisotopic (exact) mass is 445 g/mol. The highest BCUT2D eigenvalue weighted by Crippen LogP contribution is 2.30. The van der Waals surface area contributed by atoms with E-state index in [9.17, 15) is 4.79 Å². The van der Waals surface area contributed by atoms with Crippen molar-refractivity contribution < 1.29 is 9.53 Å². The summed E-state index contributed by atoms with van der Waals surface area (Å²) in [4.78, 5) is 21.2. The lowest BCUT2D eigenvalue weighted by Crippen LogP contribution is -2.46. The molecular formula is C28H35N3O2. The normalized spacial score (nSPS) is 19.4. The van der Waals surface area contributed by atoms with Crippen molar-refractivity contribution in [1.29, 1.82) is 0 Å². The van der Waals surface area contributed by atoms with Gasteiger partial charge in [0.05, 0.1) is 7.11 Å². The Balaban J connectivity index is 1.17. The zero-order chi connectivity index (χ0) is 22.8. The van der Waals surface area contributed by atoms with Crippen LogP contribution in [0.25, 0.3) is 10.9 Å². The molecule has 2 aliphatic rings. The van der Waals surface area contributed by atoms with Crippen LogP contribution in [0, 0.1) is 5.92 Å². The van der Waals surface area contributed by atoms with Crippen LogP contribution in [0.5, 0.6) is 5.75 Å². The maximum atomic E-state index is 13.2. The first-order valence-electron chi connectivity index (χ1n) is 12.4. The molecule has 1 atom stereocenters. The Morgan fingerprint density at radius 2 is 1.91 bits per heavy atom. The summed E-state index contributed by atoms with van der Waals surface area (Å²) >= 11 is 0. The minimum absolute atomic E-state index is 0.119. The lowest BCUT2D eigenvalue weighted by molar-refractivity contribution is 0.0663. The van der Waals surface area contributed by atoms with Crippen molar-refractivity contribution in [2.45, 2.75) is 45.1 Å². The third-order valence-corrected chi connectivity index (χ3v) is 7.69. The molecule has 5 rings (SSSR count). The van der Waals surface area contributed by atoms with Gasteiger partial charge in [-0.05, 0) is 93.4 Å². The van der Waals surface area contributed by atoms with Gasteiger partial charge in [0.2, 0.25) is 0 Å². The number of methoxy groups -OCH3 is 1. The number of aromatic nitrogens is 1. The summed E-state index contributed by atoms with van der Waals surface area (Å²) < 4.78 is 5.44. The number of nitrogens with one attached hydrogen (secondary N) is 1. The highest BCUT2D eigenvalue weighted by Gasteiger charge is 2.30. The van der Waals surface area contributed by atoms with Gasteiger partial charge in [-0.1, -0.05) is 24.3 Å². The first kappa shape index (κ1) is 22.0. The van der Waals surface area contributed by atoms with Crippen LogP contribution in [0.3, 0.4) is 0 Å². The minimum atomic E-state index is 0.119. The van der Waals surface area contributed by atoms with Crippen molar-refractivity contribution in [3.8, 4) is 5.75 Å². The van der Waals surface area contributed by atoms with Crippen molar-refractivity contribution in [3.63, 3.8) is 0 Å². The first-order chi connectivity index (χ1) is 16.1. The maximum absolute atomic E-state index is 13.2. The zero-order valence-corrected chi connectivity index (χ0v) is 19.8. The average molecular weight is 446 g/mol. The van der Waals surface area contributed by atoms with Gasteiger partial charge in [-0.3, -0.25) is 4.79 Å². The van der Waals surface area contributed by atoms with Crippen LogP contribution in [0.4, 0.5) is 0 Å². The largest absolute Gasteiger partial charge is 0.497 e. The molecule has 174 valence electrons. The number of rotatable bonds is 6. The number of likely N-dealkylation sites (tertiary alicyclic amines) is 1. The average Bonchev–Trinajstić information content (AvgIpc) is 3.31. The predicted molar refractivity (Wildman–Crippen MR) is 133 cm³/mol. The summed E-state index contributed by atoms with van der Waals surface area (Å²) in [7, 11) is 1.75. The van der Waals surface area contributed by atoms with E-state index >= 15 is 0 Å². The highest BCUT2D eigenvalue weighted by atomic mass is 16.5. The number of carbonyl (C=O) groups is 1. The number of carbonyl (C=O) groups excluding carboxylic acids is 1. The number of H-pyrrole nitrogens is 1. The molecule has 0 spiro atoms. The molecule has 0 saturated carbocycles. The molecule has 1 N–H and O–H groups in total. The molecule has 3 aromatic rings. The summed E-state index contributed by atoms with van der Waals surface area (Å²) in [6, 6.07) is 17.2. The summed E-state index contributed by atoms with van der Waals surface area (Å²) in [5, 5.41) is 1.09. The number of nitrogens with zero attached hydrogens (tertiary/aromatic N) is 2. The molecule has 1 unspecified atom stereocenters. The van der Waals surface area contributed by atoms with Crippen molar-refractivity contribution in [2.24, 2.45) is 5.92 Å². The zero-order valence-electron chi connectivity index (χ0n) is 19.8. The first-order valence-corrected chi connectivity index (χ1v) is 12.4. The number of fused-ring (bicyclic) bond motifs is 2. The van der Waals surface area contributed by atoms with Crippen LogP contribution >= 0.6 is 0 Å². The second kappa shape index (κ2) is 9.60. The van der Waals surface area contributed by atoms with Crippen LogP contribution in [-0.2, 0) is 12.8 Å². The van der Waals surface area contributed by atoms with Gasteiger partial charge in [-0.15, -0.1) is 0 Å². The third kappa shape index (κ3) is 4.65. The summed E-state index contributed by atoms with van der Waals surface area (Å²) in [5.41, 5.74) is 4.66. The number of amides is 1. The summed E-state index contributed by atoms with van der Waals surface area (Å²) in [6.07, 6.45) is 5.85. The number of hydrogen-bond acceptors (Lipinski definition) is 3. The number of para-hydroxylation sites is 1. The molecule has 33 heavy (non-hydrogen) atoms. The molecule has 1 aliphatic heterocycles. The Labute approximate surface area is 196 Å². The van der Waals surface area contributed by atoms with Crippen molar-refractivity contribution in [3.05, 3.63) is 65.4 Å². The quantitative estimate of drug-likeness (QED) is 0.587. The number of benzene rings is 2. The van der Waals surface area contributed by atoms with E-state index in [-0.39, 0.29) is 5.91 Å². The maximum Gasteiger partial charge on any atom is 0.270 e. The van der Waals surface area contributed by atoms with Gasteiger partial charge in [0.25, 0.3) is 5.91 Å². The van der Waals surface area contributed by atoms with Gasteiger partial charge in [0.15, 0.2) is 0 Å². The van der Waals surface area contributed by atoms with E-state index in [0.29, 0.717) is 17.7 Å². The molecule has 2 heterocycles. The molecule has 2 aromatic carbocycles. The SMILES string of the molecule is CCN(CC1CCN(C2CCc3ccc(OC)cc3C2)CC1)C(=O)c1cc2ccccc2[nH]1. The van der Waals surface area contributed by atoms with E-state index in [1.165, 1.54) is 17.5 Å². The van der Waals surface area contributed by atoms with Crippen LogP contribution in [0.2, 0.25) is 0 Å². The Morgan fingerprint density at radius 1 is 1.09 bits per heavy atom. The number of hydrogen-bond donors (Lipinski definition) is 1. The Morgan fingerprint density at radius 3 is 2.67 bits per heavy atom. The molecule has 1 amide bonds. The standard InChI is InChI=1S/C28H35N3O2/c1-3-30(28(32)27-18-22-6-4-5-7-26(22)29-27)19-20-12-14-31(15-13-20)24-10-8-21-9-11-25(33-2)17-23(21)16-24/h4-7,9,11,17-18,20,24,29H,3,8,10,12-16,19H2,1-2H3. The second-order valence-corrected chi connectivity index (χ2v) is 9.62. The van der Waals surface area contributed by atoms with E-state index in [0.717, 1.165) is 68.5 Å². The van der Waals surface area contributed by atoms with E-state index in [1.807, 2.05) is 35.2 Å². The summed E-state index contributed by atoms with van der Waals surface area (Å²) in [6.45, 7) is 5.95. The lowest BCUT2D eigenvalue weighted by Gasteiger charge is -2.40. The molecule has 0 bridgehead atoms. The number of aromatic amines is 1. The molecule has 0 radical (unpaired) electrons. The lowest BCUT2D eigenvalue weighted by atomic mass is 9.85. The van der Waals surface area contributed by atoms with Gasteiger partial charge >= 0.3 is 0 Å². The Kier molecular flexibility index (Phi) is 6.41. The fourth-order valence-corrected chi connectivity index (χ4v) is 5.68. The molecule has 1 saturated heterocycles. The smallest absolute Gasteiger partial charge is 0.270 e. The van der Waals surface area contributed by atoms with Crippen LogP contribution < -0.4 is 4.74 Å². The number of aryl methyl sites for hydroxylation is 1. The number of ether oxygens (including phenoxy) is 1. The number of piperidine rings is 1. The topological polar surface area (TPSA) is 48.6 Å². The Bertz CT molecular complexity index is 1080. The van der Waals surface area contributed by atoms with E-state index in [4.69, 9.17) is 4.74 Å². The van der Waals surface area contributed by atoms with Crippen LogP contribution in [0.1, 0.15) is 47.8 Å². The Hall–Kier alpha value is -2.79. The molecule has 1 fully saturated rings. The van der Waals surface area contributed by atoms with Crippen molar-refractivity contribution in [1.82, 2.24) is 14.8 Å². The van der Waals surface area contributed by atoms with Crippen LogP contribution in [0.15, 0.2) is 48.5 Å². The fraction of sp³-hybridized carbons (Fsp3) is 0.464. The van der Waals surface area contributed by atoms with Crippen molar-refractivity contribution in [2.75, 3.05) is 33.3 Å². The van der Waals surface area contributed by atoms with E-state index in [2.05, 4.69) is 35.0 Å². The van der Waals surface area contributed by atoms with Gasteiger partial charge < -0.3 is 19.5 Å². The minimum Gasteiger partial charge on any atom is -0.497 e. The fourth-order valence-electron chi connectivity index (χ4n) is 5.68. The van der Waals surface area contributed by atoms with E-state index < -0.39 is 0 Å². The molecule has 1 aromatic heterocycles. The van der Waals surface area contributed by atoms with Gasteiger partial charge in [-0.25, -0.2) is 0 Å². The second-order valence-electron chi connectivity index (χ2n) is 9.62. The predicted octanol–water partition coefficient (Wildman–Crippen LogP) is 4.91. The summed E-state index contributed by atoms with van der Waals surface area (Å²) in [5.74, 6) is 1.66. The van der Waals surface area contributed by atoms with E-state index in [1.54, 1.807) is 7.11 Å². The van der Waals surface area contributed by atoms with Crippen molar-refractivity contribution >= 4 is 16.8 Å². The molecular weight excluding hydrogens is 410 g/mol. The molecule has 5 nitrogen and oxygen atoms in total. The van der Waals surface area contributed by atoms with Gasteiger partial charge in [-0.2, -0.15) is 0 Å². The van der Waals surface area contributed by atoms with Gasteiger partial charge in [0, 0.05) is 30.0 Å². The third-order valence-electron chi connectivity index (χ3n) is 7.69. The van der Waals surface area contributed by atoms with Crippen LogP contribution in [-0.4, -0.2) is 60.0 Å². The van der Waals surface area contributed by atoms with Gasteiger partial charge in [0.1, 0.15) is 11.4 Å². The molecule has 1 aliphatic carbocycles. The highest BCUT2D eigenvalue weighted by molar-refractivity contribution is 5.98. The molecule has 5 heteroatoms.